The molecule has 1 fully saturated rings. The Balaban J connectivity index is 1.59. The lowest BCUT2D eigenvalue weighted by Crippen LogP contribution is -2.47. The molecule has 0 bridgehead atoms. The number of nitrogens with two attached hydrogens (primary N) is 1. The Labute approximate surface area is 165 Å². The van der Waals surface area contributed by atoms with Gasteiger partial charge in [-0.15, -0.1) is 5.10 Å². The molecule has 0 aliphatic carbocycles. The molecule has 11 heteroatoms. The van der Waals surface area contributed by atoms with Gasteiger partial charge in [-0.1, -0.05) is 4.49 Å². The minimum absolute atomic E-state index is 0.385. The number of fused-ring (bicyclic) bond motifs is 1. The third-order valence-electron chi connectivity index (χ3n) is 4.68. The summed E-state index contributed by atoms with van der Waals surface area (Å²) in [6.45, 7) is 2.71. The first-order chi connectivity index (χ1) is 13.6. The zero-order chi connectivity index (χ0) is 19.7. The standard InChI is InChI=1S/C17H19N7O3S/c1-26-12-7-10-11(8-13(12)27-2)19-17(20-15(10)18)24-5-3-23(4-6-24)16-14(9-25)28-22-21-16/h7-9H,3-6H2,1-2H3,(H2,18,19,20). The van der Waals surface area contributed by atoms with E-state index in [2.05, 4.69) is 24.5 Å². The van der Waals surface area contributed by atoms with E-state index < -0.39 is 0 Å². The van der Waals surface area contributed by atoms with Gasteiger partial charge >= 0.3 is 0 Å². The van der Waals surface area contributed by atoms with E-state index in [4.69, 9.17) is 15.2 Å². The van der Waals surface area contributed by atoms with E-state index in [1.54, 1.807) is 26.4 Å². The Morgan fingerprint density at radius 1 is 1.07 bits per heavy atom. The lowest BCUT2D eigenvalue weighted by molar-refractivity contribution is 0.112. The van der Waals surface area contributed by atoms with Gasteiger partial charge in [0.15, 0.2) is 23.6 Å². The van der Waals surface area contributed by atoms with Gasteiger partial charge in [0.2, 0.25) is 5.95 Å². The van der Waals surface area contributed by atoms with Crippen molar-refractivity contribution >= 4 is 46.3 Å². The molecule has 3 aromatic rings. The molecule has 0 atom stereocenters. The smallest absolute Gasteiger partial charge is 0.228 e. The molecule has 1 aromatic carbocycles. The maximum Gasteiger partial charge on any atom is 0.228 e. The van der Waals surface area contributed by atoms with Gasteiger partial charge < -0.3 is 25.0 Å². The number of nitrogen functional groups attached to an aromatic ring is 1. The topological polar surface area (TPSA) is 120 Å². The van der Waals surface area contributed by atoms with E-state index in [0.717, 1.165) is 17.8 Å². The summed E-state index contributed by atoms with van der Waals surface area (Å²) in [6, 6.07) is 3.57. The van der Waals surface area contributed by atoms with Crippen molar-refractivity contribution in [3.05, 3.63) is 17.0 Å². The normalized spacial score (nSPS) is 14.4. The number of aldehydes is 1. The monoisotopic (exact) mass is 401 g/mol. The first-order valence-corrected chi connectivity index (χ1v) is 9.38. The van der Waals surface area contributed by atoms with Crippen LogP contribution in [0, 0.1) is 0 Å². The summed E-state index contributed by atoms with van der Waals surface area (Å²) in [5.74, 6) is 2.74. The molecule has 0 spiro atoms. The second kappa shape index (κ2) is 7.43. The molecule has 28 heavy (non-hydrogen) atoms. The molecule has 0 radical (unpaired) electrons. The van der Waals surface area contributed by atoms with Crippen LogP contribution in [0.2, 0.25) is 0 Å². The minimum atomic E-state index is 0.385. The molecule has 146 valence electrons. The van der Waals surface area contributed by atoms with E-state index in [1.807, 2.05) is 4.90 Å². The highest BCUT2D eigenvalue weighted by Crippen LogP contribution is 2.34. The number of methoxy groups -OCH3 is 2. The predicted molar refractivity (Wildman–Crippen MR) is 107 cm³/mol. The number of piperazine rings is 1. The van der Waals surface area contributed by atoms with Gasteiger partial charge in [0, 0.05) is 37.6 Å². The quantitative estimate of drug-likeness (QED) is 0.625. The van der Waals surface area contributed by atoms with Crippen LogP contribution in [0.1, 0.15) is 9.67 Å². The largest absolute Gasteiger partial charge is 0.493 e. The first-order valence-electron chi connectivity index (χ1n) is 8.61. The number of ether oxygens (including phenoxy) is 2. The molecule has 2 aromatic heterocycles. The molecule has 1 aliphatic rings. The molecule has 4 rings (SSSR count). The molecular weight excluding hydrogens is 382 g/mol. The number of aromatic nitrogens is 4. The number of anilines is 3. The second-order valence-corrected chi connectivity index (χ2v) is 6.97. The van der Waals surface area contributed by atoms with E-state index in [1.165, 1.54) is 0 Å². The highest BCUT2D eigenvalue weighted by atomic mass is 32.1. The number of carbonyl (C=O) groups excluding carboxylic acids is 1. The fourth-order valence-electron chi connectivity index (χ4n) is 3.21. The Hall–Kier alpha value is -3.21. The van der Waals surface area contributed by atoms with Gasteiger partial charge in [0.1, 0.15) is 10.7 Å². The van der Waals surface area contributed by atoms with Gasteiger partial charge in [0.25, 0.3) is 0 Å². The van der Waals surface area contributed by atoms with Crippen molar-refractivity contribution in [2.75, 3.05) is 55.9 Å². The number of rotatable bonds is 5. The summed E-state index contributed by atoms with van der Waals surface area (Å²) in [5.41, 5.74) is 6.87. The fraction of sp³-hybridized carbons (Fsp3) is 0.353. The Morgan fingerprint density at radius 2 is 1.75 bits per heavy atom. The van der Waals surface area contributed by atoms with Gasteiger partial charge in [-0.25, -0.2) is 4.98 Å². The summed E-state index contributed by atoms with van der Waals surface area (Å²) in [5, 5.41) is 4.78. The Morgan fingerprint density at radius 3 is 2.43 bits per heavy atom. The van der Waals surface area contributed by atoms with Crippen molar-refractivity contribution in [1.82, 2.24) is 19.6 Å². The lowest BCUT2D eigenvalue weighted by Gasteiger charge is -2.35. The van der Waals surface area contributed by atoms with Crippen LogP contribution in [0.15, 0.2) is 12.1 Å². The lowest BCUT2D eigenvalue weighted by atomic mass is 10.2. The maximum absolute atomic E-state index is 11.1. The minimum Gasteiger partial charge on any atom is -0.493 e. The molecule has 0 saturated carbocycles. The van der Waals surface area contributed by atoms with E-state index in [-0.39, 0.29) is 0 Å². The third kappa shape index (κ3) is 3.13. The number of carbonyl (C=O) groups is 1. The van der Waals surface area contributed by atoms with Crippen molar-refractivity contribution in [2.24, 2.45) is 0 Å². The molecule has 10 nitrogen and oxygen atoms in total. The van der Waals surface area contributed by atoms with Crippen LogP contribution < -0.4 is 25.0 Å². The number of nitrogens with zero attached hydrogens (tertiary/aromatic N) is 6. The number of hydrogen-bond acceptors (Lipinski definition) is 11. The average Bonchev–Trinajstić information content (AvgIpc) is 3.21. The first kappa shape index (κ1) is 18.2. The number of benzene rings is 1. The van der Waals surface area contributed by atoms with Crippen LogP contribution in [0.5, 0.6) is 11.5 Å². The van der Waals surface area contributed by atoms with Crippen LogP contribution in [0.25, 0.3) is 10.9 Å². The van der Waals surface area contributed by atoms with Gasteiger partial charge in [0.05, 0.1) is 19.7 Å². The zero-order valence-electron chi connectivity index (χ0n) is 15.5. The molecule has 3 heterocycles. The molecule has 2 N–H and O–H groups in total. The van der Waals surface area contributed by atoms with Crippen molar-refractivity contribution in [3.8, 4) is 11.5 Å². The average molecular weight is 401 g/mol. The molecule has 0 amide bonds. The van der Waals surface area contributed by atoms with Crippen molar-refractivity contribution < 1.29 is 14.3 Å². The summed E-state index contributed by atoms with van der Waals surface area (Å²) >= 11 is 1.10. The van der Waals surface area contributed by atoms with Crippen LogP contribution in [0.4, 0.5) is 17.6 Å². The highest BCUT2D eigenvalue weighted by molar-refractivity contribution is 7.07. The van der Waals surface area contributed by atoms with E-state index >= 15 is 0 Å². The summed E-state index contributed by atoms with van der Waals surface area (Å²) in [6.07, 6.45) is 0.793. The second-order valence-electron chi connectivity index (χ2n) is 6.19. The highest BCUT2D eigenvalue weighted by Gasteiger charge is 2.24. The summed E-state index contributed by atoms with van der Waals surface area (Å²) < 4.78 is 14.5. The van der Waals surface area contributed by atoms with Gasteiger partial charge in [-0.05, 0) is 17.6 Å². The molecule has 1 saturated heterocycles. The van der Waals surface area contributed by atoms with Crippen molar-refractivity contribution in [1.29, 1.82) is 0 Å². The van der Waals surface area contributed by atoms with Crippen LogP contribution in [0.3, 0.4) is 0 Å². The van der Waals surface area contributed by atoms with Gasteiger partial charge in [-0.2, -0.15) is 4.98 Å². The SMILES string of the molecule is COc1cc2nc(N3CCN(c4nnsc4C=O)CC3)nc(N)c2cc1OC. The van der Waals surface area contributed by atoms with Crippen LogP contribution in [-0.2, 0) is 0 Å². The van der Waals surface area contributed by atoms with E-state index in [9.17, 15) is 4.79 Å². The third-order valence-corrected chi connectivity index (χ3v) is 5.32. The zero-order valence-corrected chi connectivity index (χ0v) is 16.3. The van der Waals surface area contributed by atoms with Crippen LogP contribution >= 0.6 is 11.5 Å². The van der Waals surface area contributed by atoms with E-state index in [0.29, 0.717) is 71.0 Å². The Kier molecular flexibility index (Phi) is 4.82. The maximum atomic E-state index is 11.1. The molecule has 0 unspecified atom stereocenters. The Bertz CT molecular complexity index is 1020. The predicted octanol–water partition coefficient (Wildman–Crippen LogP) is 1.22. The van der Waals surface area contributed by atoms with Crippen molar-refractivity contribution in [3.63, 3.8) is 0 Å². The fourth-order valence-corrected chi connectivity index (χ4v) is 3.71. The summed E-state index contributed by atoms with van der Waals surface area (Å²) in [4.78, 5) is 24.9. The van der Waals surface area contributed by atoms with Crippen molar-refractivity contribution in [2.45, 2.75) is 0 Å². The molecular formula is C17H19N7O3S. The van der Waals surface area contributed by atoms with Gasteiger partial charge in [-0.3, -0.25) is 4.79 Å². The molecule has 1 aliphatic heterocycles. The van der Waals surface area contributed by atoms with Crippen LogP contribution in [-0.4, -0.2) is 66.2 Å². The summed E-state index contributed by atoms with van der Waals surface area (Å²) in [7, 11) is 3.15. The number of hydrogen-bond donors (Lipinski definition) is 1.